The molecule has 0 aliphatic carbocycles. The zero-order valence-corrected chi connectivity index (χ0v) is 12.6. The largest absolute Gasteiger partial charge is 0.249 e. The molecular weight excluding hydrogens is 350 g/mol. The van der Waals surface area contributed by atoms with Gasteiger partial charge in [0.05, 0.1) is 8.61 Å². The maximum Gasteiger partial charge on any atom is 0.249 e. The van der Waals surface area contributed by atoms with E-state index in [1.807, 2.05) is 13.0 Å². The summed E-state index contributed by atoms with van der Waals surface area (Å²) in [5, 5.41) is 0. The molecule has 0 saturated heterocycles. The minimum atomic E-state index is -2.67. The highest BCUT2D eigenvalue weighted by molar-refractivity contribution is 9.11. The Labute approximate surface area is 109 Å². The monoisotopic (exact) mass is 360 g/mol. The maximum absolute atomic E-state index is 13.1. The Morgan fingerprint density at radius 2 is 2.00 bits per heavy atom. The topological polar surface area (TPSA) is 0 Å². The second-order valence-electron chi connectivity index (χ2n) is 3.75. The van der Waals surface area contributed by atoms with Gasteiger partial charge in [0, 0.05) is 10.8 Å². The molecule has 0 fully saturated rings. The molecule has 0 spiro atoms. The van der Waals surface area contributed by atoms with E-state index in [4.69, 9.17) is 0 Å². The number of aryl methyl sites for hydroxylation is 1. The smallest absolute Gasteiger partial charge is 0.207 e. The van der Waals surface area contributed by atoms with Crippen LogP contribution < -0.4 is 0 Å². The molecule has 0 amide bonds. The normalized spacial score (nSPS) is 16.5. The van der Waals surface area contributed by atoms with E-state index in [-0.39, 0.29) is 4.83 Å². The van der Waals surface area contributed by atoms with Gasteiger partial charge in [-0.1, -0.05) is 22.9 Å². The first kappa shape index (κ1) is 13.6. The molecule has 0 nitrogen and oxygen atoms in total. The average Bonchev–Trinajstić information content (AvgIpc) is 2.43. The number of halogens is 4. The van der Waals surface area contributed by atoms with Crippen LogP contribution in [0.2, 0.25) is 0 Å². The molecule has 5 heteroatoms. The third-order valence-electron chi connectivity index (χ3n) is 2.39. The van der Waals surface area contributed by atoms with Crippen LogP contribution in [0, 0.1) is 12.8 Å². The lowest BCUT2D eigenvalue weighted by molar-refractivity contribution is -0.0321. The fraction of sp³-hybridized carbons (Fsp3) is 0.600. The Balaban J connectivity index is 2.90. The number of hydrogen-bond acceptors (Lipinski definition) is 1. The van der Waals surface area contributed by atoms with Crippen LogP contribution in [0.4, 0.5) is 8.78 Å². The van der Waals surface area contributed by atoms with Crippen molar-refractivity contribution in [2.45, 2.75) is 31.5 Å². The van der Waals surface area contributed by atoms with Crippen molar-refractivity contribution in [2.24, 2.45) is 5.92 Å². The second kappa shape index (κ2) is 4.80. The minimum Gasteiger partial charge on any atom is -0.207 e. The number of hydrogen-bond donors (Lipinski definition) is 0. The van der Waals surface area contributed by atoms with Crippen LogP contribution in [0.25, 0.3) is 0 Å². The zero-order valence-electron chi connectivity index (χ0n) is 8.65. The quantitative estimate of drug-likeness (QED) is 0.619. The Morgan fingerprint density at radius 1 is 1.47 bits per heavy atom. The Kier molecular flexibility index (Phi) is 4.35. The summed E-state index contributed by atoms with van der Waals surface area (Å²) in [5.74, 6) is -3.39. The van der Waals surface area contributed by atoms with E-state index in [0.717, 1.165) is 21.2 Å². The van der Waals surface area contributed by atoms with E-state index in [1.165, 1.54) is 11.3 Å². The molecule has 0 N–H and O–H groups in total. The molecule has 1 rings (SSSR count). The first-order valence-corrected chi connectivity index (χ1v) is 7.03. The first-order chi connectivity index (χ1) is 6.73. The van der Waals surface area contributed by atoms with Gasteiger partial charge in [0.1, 0.15) is 0 Å². The van der Waals surface area contributed by atoms with E-state index in [1.54, 1.807) is 6.92 Å². The predicted molar refractivity (Wildman–Crippen MR) is 68.2 cm³/mol. The van der Waals surface area contributed by atoms with E-state index in [0.29, 0.717) is 0 Å². The second-order valence-corrected chi connectivity index (χ2v) is 7.14. The van der Waals surface area contributed by atoms with Crippen LogP contribution in [0.3, 0.4) is 0 Å². The Morgan fingerprint density at radius 3 is 2.33 bits per heavy atom. The van der Waals surface area contributed by atoms with Crippen molar-refractivity contribution in [3.05, 3.63) is 20.3 Å². The van der Waals surface area contributed by atoms with Crippen molar-refractivity contribution in [1.82, 2.24) is 0 Å². The van der Waals surface area contributed by atoms with E-state index < -0.39 is 11.8 Å². The zero-order chi connectivity index (χ0) is 11.8. The van der Waals surface area contributed by atoms with Crippen molar-refractivity contribution in [1.29, 1.82) is 0 Å². The molecule has 0 aromatic carbocycles. The van der Waals surface area contributed by atoms with E-state index in [2.05, 4.69) is 31.9 Å². The fourth-order valence-corrected chi connectivity index (χ4v) is 3.65. The number of thiophene rings is 1. The highest BCUT2D eigenvalue weighted by Crippen LogP contribution is 2.44. The van der Waals surface area contributed by atoms with Gasteiger partial charge in [-0.25, -0.2) is 8.78 Å². The molecule has 2 atom stereocenters. The van der Waals surface area contributed by atoms with Crippen molar-refractivity contribution in [3.8, 4) is 0 Å². The molecule has 2 unspecified atom stereocenters. The highest BCUT2D eigenvalue weighted by atomic mass is 79.9. The van der Waals surface area contributed by atoms with Gasteiger partial charge in [-0.05, 0) is 41.4 Å². The summed E-state index contributed by atoms with van der Waals surface area (Å²) in [4.78, 5) is 0.640. The Hall–Kier alpha value is 0.520. The summed E-state index contributed by atoms with van der Waals surface area (Å²) in [7, 11) is 0. The van der Waals surface area contributed by atoms with Crippen molar-refractivity contribution >= 4 is 43.2 Å². The lowest BCUT2D eigenvalue weighted by Crippen LogP contribution is -2.24. The van der Waals surface area contributed by atoms with Gasteiger partial charge < -0.3 is 0 Å². The third-order valence-corrected chi connectivity index (χ3v) is 6.20. The Bertz CT molecular complexity index is 324. The van der Waals surface area contributed by atoms with Gasteiger partial charge in [-0.15, -0.1) is 11.3 Å². The van der Waals surface area contributed by atoms with Gasteiger partial charge in [0.15, 0.2) is 0 Å². The highest BCUT2D eigenvalue weighted by Gasteiger charge is 2.36. The summed E-state index contributed by atoms with van der Waals surface area (Å²) in [6, 6.07) is 1.94. The summed E-state index contributed by atoms with van der Waals surface area (Å²) in [6.07, 6.45) is 0. The van der Waals surface area contributed by atoms with E-state index in [9.17, 15) is 8.78 Å². The molecule has 86 valence electrons. The lowest BCUT2D eigenvalue weighted by atomic mass is 10.00. The van der Waals surface area contributed by atoms with Crippen molar-refractivity contribution in [3.63, 3.8) is 0 Å². The van der Waals surface area contributed by atoms with Crippen LogP contribution >= 0.6 is 43.2 Å². The van der Waals surface area contributed by atoms with Gasteiger partial charge >= 0.3 is 0 Å². The first-order valence-electron chi connectivity index (χ1n) is 4.51. The molecule has 15 heavy (non-hydrogen) atoms. The molecule has 0 radical (unpaired) electrons. The summed E-state index contributed by atoms with van der Waals surface area (Å²) < 4.78 is 27.3. The van der Waals surface area contributed by atoms with Gasteiger partial charge in [0.2, 0.25) is 5.92 Å². The fourth-order valence-electron chi connectivity index (χ4n) is 1.12. The summed E-state index contributed by atoms with van der Waals surface area (Å²) in [6.45, 7) is 4.47. The van der Waals surface area contributed by atoms with Crippen LogP contribution in [0.1, 0.15) is 29.1 Å². The molecule has 0 aliphatic heterocycles. The summed E-state index contributed by atoms with van der Waals surface area (Å²) in [5.41, 5.74) is 1.09. The minimum absolute atomic E-state index is 0.299. The number of rotatable bonds is 3. The third kappa shape index (κ3) is 3.24. The SMILES string of the molecule is Cc1cc(C(Br)C(C)C(C)(F)F)sc1Br. The maximum atomic E-state index is 13.1. The van der Waals surface area contributed by atoms with Crippen LogP contribution in [0.15, 0.2) is 9.85 Å². The van der Waals surface area contributed by atoms with Gasteiger partial charge in [0.25, 0.3) is 0 Å². The van der Waals surface area contributed by atoms with Crippen molar-refractivity contribution < 1.29 is 8.78 Å². The molecule has 1 aromatic rings. The van der Waals surface area contributed by atoms with Crippen LogP contribution in [-0.4, -0.2) is 5.92 Å². The van der Waals surface area contributed by atoms with Gasteiger partial charge in [-0.2, -0.15) is 0 Å². The molecule has 1 aromatic heterocycles. The predicted octanol–water partition coefficient (Wildman–Crippen LogP) is 5.55. The standard InChI is InChI=1S/C10H12Br2F2S/c1-5-4-7(15-9(5)12)8(11)6(2)10(3,13)14/h4,6,8H,1-3H3. The van der Waals surface area contributed by atoms with Crippen LogP contribution in [0.5, 0.6) is 0 Å². The lowest BCUT2D eigenvalue weighted by Gasteiger charge is -2.23. The molecule has 1 heterocycles. The van der Waals surface area contributed by atoms with Crippen LogP contribution in [-0.2, 0) is 0 Å². The molecule has 0 aliphatic rings. The van der Waals surface area contributed by atoms with Crippen molar-refractivity contribution in [2.75, 3.05) is 0 Å². The van der Waals surface area contributed by atoms with Gasteiger partial charge in [-0.3, -0.25) is 0 Å². The molecule has 0 bridgehead atoms. The molecule has 0 saturated carbocycles. The summed E-state index contributed by atoms with van der Waals surface area (Å²) >= 11 is 8.24. The molecular formula is C10H12Br2F2S. The van der Waals surface area contributed by atoms with E-state index >= 15 is 0 Å². The number of alkyl halides is 3. The average molecular weight is 362 g/mol.